The highest BCUT2D eigenvalue weighted by molar-refractivity contribution is 8.27. The number of rotatable bonds is 2. The summed E-state index contributed by atoms with van der Waals surface area (Å²) in [7, 11) is 0. The molecular formula is C24H26FNO2S2. The molecule has 0 atom stereocenters. The number of hydrogen-bond donors (Lipinski definition) is 1. The lowest BCUT2D eigenvalue weighted by molar-refractivity contribution is -0.113. The van der Waals surface area contributed by atoms with Gasteiger partial charge in [0, 0.05) is 11.1 Å². The van der Waals surface area contributed by atoms with Crippen LogP contribution in [0.25, 0.3) is 6.08 Å². The van der Waals surface area contributed by atoms with E-state index in [1.807, 2.05) is 53.7 Å². The smallest absolute Gasteiger partial charge is 0.270 e. The maximum Gasteiger partial charge on any atom is 0.270 e. The van der Waals surface area contributed by atoms with Crippen LogP contribution in [0.4, 0.5) is 10.1 Å². The number of phenolic OH excluding ortho intramolecular Hbond substituents is 1. The summed E-state index contributed by atoms with van der Waals surface area (Å²) in [6.45, 7) is 12.3. The first-order valence-corrected chi connectivity index (χ1v) is 10.9. The fourth-order valence-corrected chi connectivity index (χ4v) is 4.64. The molecule has 30 heavy (non-hydrogen) atoms. The number of halogens is 1. The van der Waals surface area contributed by atoms with Crippen molar-refractivity contribution in [1.82, 2.24) is 0 Å². The summed E-state index contributed by atoms with van der Waals surface area (Å²) in [5.74, 6) is -0.411. The van der Waals surface area contributed by atoms with Crippen LogP contribution in [0, 0.1) is 5.82 Å². The van der Waals surface area contributed by atoms with Crippen molar-refractivity contribution in [1.29, 1.82) is 0 Å². The van der Waals surface area contributed by atoms with Crippen LogP contribution < -0.4 is 4.90 Å². The van der Waals surface area contributed by atoms with Crippen molar-refractivity contribution in [2.45, 2.75) is 52.4 Å². The predicted octanol–water partition coefficient (Wildman–Crippen LogP) is 6.53. The average molecular weight is 444 g/mol. The molecule has 1 N–H and O–H groups in total. The van der Waals surface area contributed by atoms with Crippen LogP contribution in [-0.4, -0.2) is 15.3 Å². The predicted molar refractivity (Wildman–Crippen MR) is 128 cm³/mol. The fourth-order valence-electron chi connectivity index (χ4n) is 3.34. The van der Waals surface area contributed by atoms with Gasteiger partial charge in [0.1, 0.15) is 11.6 Å². The lowest BCUT2D eigenvalue weighted by Gasteiger charge is -2.28. The number of phenols is 1. The van der Waals surface area contributed by atoms with E-state index >= 15 is 0 Å². The van der Waals surface area contributed by atoms with Crippen molar-refractivity contribution >= 4 is 46.0 Å². The molecule has 0 unspecified atom stereocenters. The molecule has 0 aliphatic carbocycles. The van der Waals surface area contributed by atoms with Crippen LogP contribution in [0.1, 0.15) is 58.2 Å². The number of amides is 1. The van der Waals surface area contributed by atoms with Crippen molar-refractivity contribution in [3.05, 3.63) is 63.8 Å². The van der Waals surface area contributed by atoms with Crippen LogP contribution in [0.15, 0.2) is 41.3 Å². The van der Waals surface area contributed by atoms with Crippen molar-refractivity contribution in [3.63, 3.8) is 0 Å². The number of thiocarbonyl (C=S) groups is 1. The zero-order chi connectivity index (χ0) is 22.4. The minimum Gasteiger partial charge on any atom is -0.507 e. The summed E-state index contributed by atoms with van der Waals surface area (Å²) in [5.41, 5.74) is 2.34. The lowest BCUT2D eigenvalue weighted by Crippen LogP contribution is -2.27. The Balaban J connectivity index is 2.09. The van der Waals surface area contributed by atoms with E-state index in [1.54, 1.807) is 18.2 Å². The number of carbonyl (C=O) groups excluding carboxylic acids is 1. The molecule has 158 valence electrons. The largest absolute Gasteiger partial charge is 0.507 e. The molecule has 1 aliphatic rings. The van der Waals surface area contributed by atoms with Gasteiger partial charge >= 0.3 is 0 Å². The number of nitrogens with zero attached hydrogens (tertiary/aromatic N) is 1. The zero-order valence-corrected chi connectivity index (χ0v) is 19.7. The fraction of sp³-hybridized carbons (Fsp3) is 0.333. The maximum atomic E-state index is 13.6. The van der Waals surface area contributed by atoms with Gasteiger partial charge in [0.15, 0.2) is 4.32 Å². The highest BCUT2D eigenvalue weighted by Gasteiger charge is 2.34. The van der Waals surface area contributed by atoms with Crippen molar-refractivity contribution < 1.29 is 14.3 Å². The highest BCUT2D eigenvalue weighted by atomic mass is 32.2. The standard InChI is InChI=1S/C24H26FNO2S2/c1-23(2,3)17-10-14(11-18(20(17)27)24(4,5)6)12-19-21(28)26(22(29)30-19)16-9-7-8-15(25)13-16/h7-13,27H,1-6H3/b19-12+. The summed E-state index contributed by atoms with van der Waals surface area (Å²) in [6, 6.07) is 9.67. The second-order valence-corrected chi connectivity index (χ2v) is 11.1. The third-order valence-electron chi connectivity index (χ3n) is 4.91. The van der Waals surface area contributed by atoms with E-state index in [9.17, 15) is 14.3 Å². The van der Waals surface area contributed by atoms with E-state index in [-0.39, 0.29) is 16.7 Å². The van der Waals surface area contributed by atoms with E-state index in [1.165, 1.54) is 28.8 Å². The molecule has 1 aliphatic heterocycles. The molecule has 1 amide bonds. The van der Waals surface area contributed by atoms with Gasteiger partial charge in [0.25, 0.3) is 5.91 Å². The van der Waals surface area contributed by atoms with Crippen LogP contribution in [0.2, 0.25) is 0 Å². The van der Waals surface area contributed by atoms with Gasteiger partial charge in [-0.2, -0.15) is 0 Å². The van der Waals surface area contributed by atoms with Gasteiger partial charge < -0.3 is 5.11 Å². The lowest BCUT2D eigenvalue weighted by atomic mass is 9.78. The van der Waals surface area contributed by atoms with Crippen LogP contribution in [-0.2, 0) is 15.6 Å². The average Bonchev–Trinajstić information content (AvgIpc) is 2.87. The Morgan fingerprint density at radius 1 is 1.03 bits per heavy atom. The topological polar surface area (TPSA) is 40.5 Å². The number of anilines is 1. The van der Waals surface area contributed by atoms with Gasteiger partial charge in [0.05, 0.1) is 10.6 Å². The Hall–Kier alpha value is -2.18. The summed E-state index contributed by atoms with van der Waals surface area (Å²) < 4.78 is 14.0. The van der Waals surface area contributed by atoms with Gasteiger partial charge in [-0.25, -0.2) is 4.39 Å². The summed E-state index contributed by atoms with van der Waals surface area (Å²) in [5, 5.41) is 10.9. The first-order valence-electron chi connectivity index (χ1n) is 9.70. The van der Waals surface area contributed by atoms with Gasteiger partial charge in [0.2, 0.25) is 0 Å². The monoisotopic (exact) mass is 443 g/mol. The number of carbonyl (C=O) groups is 1. The molecule has 0 spiro atoms. The Kier molecular flexibility index (Phi) is 5.87. The Morgan fingerprint density at radius 3 is 2.10 bits per heavy atom. The Bertz CT molecular complexity index is 1030. The normalized spacial score (nSPS) is 16.6. The summed E-state index contributed by atoms with van der Waals surface area (Å²) in [4.78, 5) is 14.9. The summed E-state index contributed by atoms with van der Waals surface area (Å²) >= 11 is 6.58. The zero-order valence-electron chi connectivity index (χ0n) is 18.0. The molecule has 1 heterocycles. The number of hydrogen-bond acceptors (Lipinski definition) is 4. The molecule has 2 aromatic rings. The molecule has 0 saturated carbocycles. The SMILES string of the molecule is CC(C)(C)c1cc(/C=C2/SC(=S)N(c3cccc(F)c3)C2=O)cc(C(C)(C)C)c1O. The minimum atomic E-state index is -0.422. The van der Waals surface area contributed by atoms with E-state index in [0.29, 0.717) is 20.7 Å². The molecule has 0 bridgehead atoms. The van der Waals surface area contributed by atoms with Gasteiger partial charge in [-0.05, 0) is 52.8 Å². The van der Waals surface area contributed by atoms with Crippen molar-refractivity contribution in [3.8, 4) is 5.75 Å². The molecule has 6 heteroatoms. The molecule has 0 radical (unpaired) electrons. The molecule has 1 fully saturated rings. The third kappa shape index (κ3) is 4.44. The number of aromatic hydroxyl groups is 1. The molecular weight excluding hydrogens is 417 g/mol. The van der Waals surface area contributed by atoms with Crippen LogP contribution in [0.3, 0.4) is 0 Å². The van der Waals surface area contributed by atoms with Crippen molar-refractivity contribution in [2.24, 2.45) is 0 Å². The molecule has 0 aromatic heterocycles. The number of thioether (sulfide) groups is 1. The first-order chi connectivity index (χ1) is 13.8. The Morgan fingerprint density at radius 2 is 1.60 bits per heavy atom. The van der Waals surface area contributed by atoms with Crippen molar-refractivity contribution in [2.75, 3.05) is 4.90 Å². The van der Waals surface area contributed by atoms with Gasteiger partial charge in [-0.1, -0.05) is 71.6 Å². The third-order valence-corrected chi connectivity index (χ3v) is 6.21. The second kappa shape index (κ2) is 7.82. The quantitative estimate of drug-likeness (QED) is 0.423. The van der Waals surface area contributed by atoms with Gasteiger partial charge in [-0.15, -0.1) is 0 Å². The number of benzene rings is 2. The second-order valence-electron chi connectivity index (χ2n) is 9.46. The Labute approximate surface area is 187 Å². The van der Waals surface area contributed by atoms with E-state index in [0.717, 1.165) is 16.7 Å². The first kappa shape index (κ1) is 22.5. The maximum absolute atomic E-state index is 13.6. The molecule has 1 saturated heterocycles. The van der Waals surface area contributed by atoms with E-state index in [2.05, 4.69) is 0 Å². The molecule has 3 rings (SSSR count). The minimum absolute atomic E-state index is 0.270. The highest BCUT2D eigenvalue weighted by Crippen LogP contribution is 2.41. The molecule has 2 aromatic carbocycles. The molecule has 3 nitrogen and oxygen atoms in total. The summed E-state index contributed by atoms with van der Waals surface area (Å²) in [6.07, 6.45) is 1.79. The van der Waals surface area contributed by atoms with E-state index in [4.69, 9.17) is 12.2 Å². The van der Waals surface area contributed by atoms with Gasteiger partial charge in [-0.3, -0.25) is 9.69 Å². The van der Waals surface area contributed by atoms with Crippen LogP contribution in [0.5, 0.6) is 5.75 Å². The van der Waals surface area contributed by atoms with Crippen LogP contribution >= 0.6 is 24.0 Å². The van der Waals surface area contributed by atoms with E-state index < -0.39 is 5.82 Å².